The van der Waals surface area contributed by atoms with Crippen molar-refractivity contribution in [1.29, 1.82) is 0 Å². The molecule has 5 amide bonds. The molecule has 0 unspecified atom stereocenters. The number of rotatable bonds is 12. The number of fused-ring (bicyclic) bond motifs is 3. The maximum atomic E-state index is 14.6. The molecule has 2 fully saturated rings. The highest BCUT2D eigenvalue weighted by molar-refractivity contribution is 6.04. The molecule has 0 bridgehead atoms. The van der Waals surface area contributed by atoms with E-state index in [1.807, 2.05) is 58.2 Å². The van der Waals surface area contributed by atoms with Crippen molar-refractivity contribution < 1.29 is 47.7 Å². The van der Waals surface area contributed by atoms with Gasteiger partial charge < -0.3 is 49.1 Å². The molecule has 2 saturated heterocycles. The molecule has 9 rings (SSSR count). The third kappa shape index (κ3) is 10.5. The number of H-pyrrole nitrogens is 1. The Morgan fingerprint density at radius 1 is 0.792 bits per heavy atom. The first-order valence-electron chi connectivity index (χ1n) is 24.8. The Hall–Kier alpha value is -7.37. The number of allylic oxidation sites excluding steroid dienone is 1. The van der Waals surface area contributed by atoms with Gasteiger partial charge in [-0.1, -0.05) is 82.3 Å². The molecule has 1 aromatic heterocycles. The summed E-state index contributed by atoms with van der Waals surface area (Å²) in [5, 5.41) is 5.51. The van der Waals surface area contributed by atoms with E-state index in [9.17, 15) is 24.0 Å². The summed E-state index contributed by atoms with van der Waals surface area (Å²) in [5.41, 5.74) is 7.68. The summed E-state index contributed by atoms with van der Waals surface area (Å²) < 4.78 is 27.8. The van der Waals surface area contributed by atoms with Crippen molar-refractivity contribution in [3.05, 3.63) is 95.6 Å². The predicted molar refractivity (Wildman–Crippen MR) is 268 cm³/mol. The Morgan fingerprint density at radius 2 is 1.44 bits per heavy atom. The Kier molecular flexibility index (Phi) is 14.0. The average molecular weight is 985 g/mol. The maximum Gasteiger partial charge on any atom is 0.410 e. The fraction of sp³-hybridized carbons (Fsp3) is 0.463. The van der Waals surface area contributed by atoms with Crippen LogP contribution in [0, 0.1) is 11.8 Å². The summed E-state index contributed by atoms with van der Waals surface area (Å²) in [6.07, 6.45) is 3.59. The van der Waals surface area contributed by atoms with Crippen molar-refractivity contribution in [2.24, 2.45) is 16.8 Å². The number of aromatic nitrogens is 2. The van der Waals surface area contributed by atoms with Crippen LogP contribution in [0.1, 0.15) is 103 Å². The van der Waals surface area contributed by atoms with Crippen molar-refractivity contribution >= 4 is 41.4 Å². The number of aliphatic imine (C=N–C) groups is 1. The zero-order valence-corrected chi connectivity index (χ0v) is 42.2. The van der Waals surface area contributed by atoms with Crippen LogP contribution in [0.4, 0.5) is 14.4 Å². The molecule has 72 heavy (non-hydrogen) atoms. The first-order chi connectivity index (χ1) is 34.4. The lowest BCUT2D eigenvalue weighted by molar-refractivity contribution is -0.136. The summed E-state index contributed by atoms with van der Waals surface area (Å²) in [5.74, 6) is 1.15. The summed E-state index contributed by atoms with van der Waals surface area (Å²) >= 11 is 0. The molecule has 5 aliphatic heterocycles. The highest BCUT2D eigenvalue weighted by Gasteiger charge is 2.45. The molecular formula is C54H64N8O10. The molecule has 6 heterocycles. The summed E-state index contributed by atoms with van der Waals surface area (Å²) in [7, 11) is 1.28. The van der Waals surface area contributed by atoms with Gasteiger partial charge in [-0.3, -0.25) is 19.5 Å². The van der Waals surface area contributed by atoms with Crippen LogP contribution in [0.25, 0.3) is 28.0 Å². The van der Waals surface area contributed by atoms with E-state index in [2.05, 4.69) is 52.0 Å². The van der Waals surface area contributed by atoms with Gasteiger partial charge in [-0.05, 0) is 84.9 Å². The molecule has 4 aromatic rings. The molecule has 3 N–H and O–H groups in total. The van der Waals surface area contributed by atoms with Crippen molar-refractivity contribution in [1.82, 2.24) is 35.3 Å². The zero-order valence-electron chi connectivity index (χ0n) is 42.2. The molecule has 380 valence electrons. The predicted octanol–water partition coefficient (Wildman–Crippen LogP) is 8.37. The van der Waals surface area contributed by atoms with Crippen molar-refractivity contribution in [2.45, 2.75) is 123 Å². The lowest BCUT2D eigenvalue weighted by atomic mass is 9.95. The molecule has 0 radical (unpaired) electrons. The average Bonchev–Trinajstić information content (AvgIpc) is 4.22. The number of carbonyl (C=O) groups is 5. The van der Waals surface area contributed by atoms with Gasteiger partial charge in [0.1, 0.15) is 29.6 Å². The van der Waals surface area contributed by atoms with Gasteiger partial charge in [-0.15, -0.1) is 0 Å². The number of alkyl carbamates (subject to hydrolysis) is 2. The molecular weight excluding hydrogens is 921 g/mol. The Bertz CT molecular complexity index is 2780. The minimum Gasteiger partial charge on any atom is -0.454 e. The van der Waals surface area contributed by atoms with Gasteiger partial charge in [-0.25, -0.2) is 19.4 Å². The van der Waals surface area contributed by atoms with Gasteiger partial charge in [0.15, 0.2) is 11.5 Å². The van der Waals surface area contributed by atoms with Gasteiger partial charge in [0.25, 0.3) is 0 Å². The monoisotopic (exact) mass is 984 g/mol. The third-order valence-electron chi connectivity index (χ3n) is 13.9. The molecule has 3 aromatic carbocycles. The molecule has 0 saturated carbocycles. The number of aromatic amines is 1. The smallest absolute Gasteiger partial charge is 0.410 e. The number of ether oxygens (including phenoxy) is 5. The fourth-order valence-electron chi connectivity index (χ4n) is 10.2. The van der Waals surface area contributed by atoms with Crippen molar-refractivity contribution in [2.75, 3.05) is 27.0 Å². The SMILES string of the molecule is COC(=O)N[C@H](C(=O)N1CCC[C@H]1c1ncc(-c2ccc(-c3ccc(C4=CN=C([C@@H]5C[C@@H](OC(=O)N6Cc7ccc8c(c7C6)OCO8)CN5C(=O)[C@@H](NC(=O)OC(C)(C)C)C(C)C)C4)cc3)cc2)[nH]1)C(C)C. The first-order valence-corrected chi connectivity index (χ1v) is 24.8. The molecule has 0 aliphatic carbocycles. The fourth-order valence-corrected chi connectivity index (χ4v) is 10.2. The van der Waals surface area contributed by atoms with Gasteiger partial charge >= 0.3 is 18.3 Å². The molecule has 18 heteroatoms. The number of carbonyl (C=O) groups excluding carboxylic acids is 5. The number of hydrogen-bond donors (Lipinski definition) is 3. The Labute approximate surface area is 419 Å². The van der Waals surface area contributed by atoms with Crippen LogP contribution in [0.15, 0.2) is 78.1 Å². The van der Waals surface area contributed by atoms with Crippen LogP contribution < -0.4 is 20.1 Å². The second-order valence-corrected chi connectivity index (χ2v) is 20.7. The number of nitrogens with one attached hydrogen (secondary N) is 3. The van der Waals surface area contributed by atoms with E-state index in [4.69, 9.17) is 33.7 Å². The van der Waals surface area contributed by atoms with E-state index in [1.165, 1.54) is 7.11 Å². The van der Waals surface area contributed by atoms with E-state index in [0.717, 1.165) is 63.2 Å². The summed E-state index contributed by atoms with van der Waals surface area (Å²) in [6.45, 7) is 14.3. The first kappa shape index (κ1) is 49.6. The number of imidazole rings is 1. The van der Waals surface area contributed by atoms with Crippen LogP contribution >= 0.6 is 0 Å². The number of hydrogen-bond acceptors (Lipinski definition) is 12. The highest BCUT2D eigenvalue weighted by Crippen LogP contribution is 2.42. The lowest BCUT2D eigenvalue weighted by Crippen LogP contribution is -2.54. The summed E-state index contributed by atoms with van der Waals surface area (Å²) in [4.78, 5) is 85.2. The van der Waals surface area contributed by atoms with Crippen LogP contribution in [-0.2, 0) is 36.9 Å². The minimum absolute atomic E-state index is 0.126. The van der Waals surface area contributed by atoms with E-state index in [-0.39, 0.29) is 43.0 Å². The highest BCUT2D eigenvalue weighted by atomic mass is 16.7. The number of nitrogens with zero attached hydrogens (tertiary/aromatic N) is 5. The van der Waals surface area contributed by atoms with Gasteiger partial charge in [0, 0.05) is 43.4 Å². The number of amides is 5. The quantitative estimate of drug-likeness (QED) is 0.115. The molecule has 0 spiro atoms. The topological polar surface area (TPSA) is 206 Å². The van der Waals surface area contributed by atoms with Crippen molar-refractivity contribution in [3.8, 4) is 33.9 Å². The number of benzene rings is 3. The standard InChI is InChI=1S/C54H64N8O10/c1-30(2)45(58-51(65)68-8)49(63)61-21-9-10-42(61)48-56-25-41(57-48)35-17-15-33(16-18-35)32-11-13-34(14-12-32)37-22-40(55-24-37)43-23-38(27-62(43)50(64)46(31(3)4)59-52(66)72-54(5,6)7)71-53(67)60-26-36-19-20-44-47(39(36)28-60)70-29-69-44/h11-20,24-25,30-31,38,42-43,45-46H,9-10,21-23,26-29H2,1-8H3,(H,56,57)(H,58,65)(H,59,66)/t38-,42+,43+,45+,46+/m1/s1. The summed E-state index contributed by atoms with van der Waals surface area (Å²) in [6, 6.07) is 17.9. The van der Waals surface area contributed by atoms with Crippen molar-refractivity contribution in [3.63, 3.8) is 0 Å². The Balaban J connectivity index is 0.855. The lowest BCUT2D eigenvalue weighted by Gasteiger charge is -2.31. The van der Waals surface area contributed by atoms with Crippen LogP contribution in [-0.4, -0.2) is 117 Å². The second-order valence-electron chi connectivity index (χ2n) is 20.7. The minimum atomic E-state index is -0.899. The van der Waals surface area contributed by atoms with E-state index in [1.54, 1.807) is 41.7 Å². The van der Waals surface area contributed by atoms with Crippen LogP contribution in [0.2, 0.25) is 0 Å². The van der Waals surface area contributed by atoms with Gasteiger partial charge in [0.05, 0.1) is 44.2 Å². The normalized spacial score (nSPS) is 20.0. The van der Waals surface area contributed by atoms with Gasteiger partial charge in [0.2, 0.25) is 18.6 Å². The van der Waals surface area contributed by atoms with E-state index >= 15 is 0 Å². The largest absolute Gasteiger partial charge is 0.454 e. The van der Waals surface area contributed by atoms with Gasteiger partial charge in [-0.2, -0.15) is 0 Å². The molecule has 5 aliphatic rings. The van der Waals surface area contributed by atoms with Crippen LogP contribution in [0.3, 0.4) is 0 Å². The van der Waals surface area contributed by atoms with E-state index < -0.39 is 48.1 Å². The zero-order chi connectivity index (χ0) is 51.0. The van der Waals surface area contributed by atoms with Crippen LogP contribution in [0.5, 0.6) is 11.5 Å². The maximum absolute atomic E-state index is 14.6. The molecule has 18 nitrogen and oxygen atoms in total. The van der Waals surface area contributed by atoms with E-state index in [0.29, 0.717) is 49.8 Å². The Morgan fingerprint density at radius 3 is 2.11 bits per heavy atom. The second kappa shape index (κ2) is 20.4. The third-order valence-corrected chi connectivity index (χ3v) is 13.9. The number of methoxy groups -OCH3 is 1. The number of likely N-dealkylation sites (tertiary alicyclic amines) is 2. The molecule has 5 atom stereocenters.